The van der Waals surface area contributed by atoms with Crippen LogP contribution < -0.4 is 5.32 Å². The summed E-state index contributed by atoms with van der Waals surface area (Å²) in [5.74, 6) is 0. The summed E-state index contributed by atoms with van der Waals surface area (Å²) in [5, 5.41) is 11.7. The van der Waals surface area contributed by atoms with Gasteiger partial charge in [-0.1, -0.05) is 28.1 Å². The van der Waals surface area contributed by atoms with Gasteiger partial charge in [-0.05, 0) is 24.6 Å². The highest BCUT2D eigenvalue weighted by Crippen LogP contribution is 2.23. The first-order valence-corrected chi connectivity index (χ1v) is 6.42. The molecule has 0 radical (unpaired) electrons. The Balaban J connectivity index is 2.78. The van der Waals surface area contributed by atoms with E-state index in [4.69, 9.17) is 5.11 Å². The molecule has 1 rings (SSSR count). The highest BCUT2D eigenvalue weighted by atomic mass is 79.9. The number of nitrogens with one attached hydrogen (secondary N) is 1. The molecule has 0 unspecified atom stereocenters. The number of nitrogens with zero attached hydrogens (tertiary/aromatic N) is 1. The number of benzene rings is 1. The summed E-state index contributed by atoms with van der Waals surface area (Å²) in [6.45, 7) is 6.13. The molecule has 4 nitrogen and oxygen atoms in total. The normalized spacial score (nSPS) is 9.94. The molecule has 0 saturated carbocycles. The average molecular weight is 313 g/mol. The van der Waals surface area contributed by atoms with Crippen molar-refractivity contribution in [1.29, 1.82) is 0 Å². The van der Waals surface area contributed by atoms with Crippen molar-refractivity contribution in [3.8, 4) is 0 Å². The minimum Gasteiger partial charge on any atom is -0.395 e. The van der Waals surface area contributed by atoms with Crippen LogP contribution in [0.3, 0.4) is 0 Å². The quantitative estimate of drug-likeness (QED) is 0.821. The fourth-order valence-corrected chi connectivity index (χ4v) is 1.86. The van der Waals surface area contributed by atoms with E-state index >= 15 is 0 Å². The maximum absolute atomic E-state index is 12.0. The Morgan fingerprint density at radius 3 is 2.94 bits per heavy atom. The van der Waals surface area contributed by atoms with Gasteiger partial charge in [-0.2, -0.15) is 0 Å². The third-order valence-corrected chi connectivity index (χ3v) is 3.37. The Morgan fingerprint density at radius 2 is 2.33 bits per heavy atom. The van der Waals surface area contributed by atoms with Crippen LogP contribution >= 0.6 is 15.9 Å². The van der Waals surface area contributed by atoms with Gasteiger partial charge in [0.1, 0.15) is 0 Å². The molecule has 2 amide bonds. The number of amides is 2. The topological polar surface area (TPSA) is 52.6 Å². The third kappa shape index (κ3) is 3.85. The SMILES string of the molecule is C=CCN(CCO)C(=O)Nc1cccc(Br)c1C. The van der Waals surface area contributed by atoms with Gasteiger partial charge >= 0.3 is 6.03 Å². The molecule has 0 heterocycles. The van der Waals surface area contributed by atoms with Gasteiger partial charge in [0.25, 0.3) is 0 Å². The molecule has 2 N–H and O–H groups in total. The molecule has 98 valence electrons. The van der Waals surface area contributed by atoms with Crippen molar-refractivity contribution in [3.63, 3.8) is 0 Å². The monoisotopic (exact) mass is 312 g/mol. The molecular formula is C13H17BrN2O2. The van der Waals surface area contributed by atoms with Crippen LogP contribution in [0.25, 0.3) is 0 Å². The van der Waals surface area contributed by atoms with Crippen molar-refractivity contribution >= 4 is 27.6 Å². The lowest BCUT2D eigenvalue weighted by atomic mass is 10.2. The van der Waals surface area contributed by atoms with Gasteiger partial charge in [-0.3, -0.25) is 0 Å². The number of hydrogen-bond donors (Lipinski definition) is 2. The summed E-state index contributed by atoms with van der Waals surface area (Å²) >= 11 is 3.41. The Labute approximate surface area is 115 Å². The highest BCUT2D eigenvalue weighted by molar-refractivity contribution is 9.10. The molecule has 0 saturated heterocycles. The van der Waals surface area contributed by atoms with E-state index in [0.29, 0.717) is 6.54 Å². The van der Waals surface area contributed by atoms with E-state index in [1.807, 2.05) is 25.1 Å². The van der Waals surface area contributed by atoms with Gasteiger partial charge < -0.3 is 15.3 Å². The molecule has 5 heteroatoms. The van der Waals surface area contributed by atoms with Crippen LogP contribution in [0.5, 0.6) is 0 Å². The molecule has 0 bridgehead atoms. The molecule has 0 aromatic heterocycles. The molecule has 1 aromatic rings. The van der Waals surface area contributed by atoms with E-state index in [0.717, 1.165) is 15.7 Å². The summed E-state index contributed by atoms with van der Waals surface area (Å²) in [6, 6.07) is 5.37. The number of carbonyl (C=O) groups excluding carboxylic acids is 1. The molecule has 1 aromatic carbocycles. The highest BCUT2D eigenvalue weighted by Gasteiger charge is 2.12. The first kappa shape index (κ1) is 14.7. The number of aliphatic hydroxyl groups is 1. The number of rotatable bonds is 5. The van der Waals surface area contributed by atoms with Gasteiger partial charge in [-0.15, -0.1) is 6.58 Å². The van der Waals surface area contributed by atoms with Crippen LogP contribution in [0.4, 0.5) is 10.5 Å². The summed E-state index contributed by atoms with van der Waals surface area (Å²) in [5.41, 5.74) is 1.72. The molecule has 0 aliphatic carbocycles. The number of urea groups is 1. The van der Waals surface area contributed by atoms with Gasteiger partial charge in [-0.25, -0.2) is 4.79 Å². The van der Waals surface area contributed by atoms with E-state index in [9.17, 15) is 4.79 Å². The summed E-state index contributed by atoms with van der Waals surface area (Å²) in [6.07, 6.45) is 1.63. The van der Waals surface area contributed by atoms with E-state index in [1.165, 1.54) is 4.90 Å². The number of carbonyl (C=O) groups is 1. The number of hydrogen-bond acceptors (Lipinski definition) is 2. The van der Waals surface area contributed by atoms with Crippen molar-refractivity contribution < 1.29 is 9.90 Å². The molecule has 0 aliphatic heterocycles. The first-order valence-electron chi connectivity index (χ1n) is 5.63. The van der Waals surface area contributed by atoms with Crippen LogP contribution in [0.2, 0.25) is 0 Å². The maximum Gasteiger partial charge on any atom is 0.322 e. The van der Waals surface area contributed by atoms with E-state index < -0.39 is 0 Å². The van der Waals surface area contributed by atoms with Crippen molar-refractivity contribution in [2.24, 2.45) is 0 Å². The zero-order valence-corrected chi connectivity index (χ0v) is 11.9. The second-order valence-electron chi connectivity index (χ2n) is 3.80. The predicted octanol–water partition coefficient (Wildman–Crippen LogP) is 2.77. The van der Waals surface area contributed by atoms with Crippen molar-refractivity contribution in [1.82, 2.24) is 4.90 Å². The Kier molecular flexibility index (Phi) is 5.88. The predicted molar refractivity (Wildman–Crippen MR) is 76.8 cm³/mol. The van der Waals surface area contributed by atoms with E-state index in [1.54, 1.807) is 6.08 Å². The molecule has 0 spiro atoms. The molecule has 18 heavy (non-hydrogen) atoms. The molecule has 0 aliphatic rings. The van der Waals surface area contributed by atoms with Gasteiger partial charge in [0.05, 0.1) is 6.61 Å². The Hall–Kier alpha value is -1.33. The van der Waals surface area contributed by atoms with E-state index in [-0.39, 0.29) is 19.2 Å². The standard InChI is InChI=1S/C13H17BrN2O2/c1-3-7-16(8-9-17)13(18)15-12-6-4-5-11(14)10(12)2/h3-6,17H,1,7-9H2,2H3,(H,15,18). The largest absolute Gasteiger partial charge is 0.395 e. The number of halogens is 1. The van der Waals surface area contributed by atoms with Crippen LogP contribution in [0, 0.1) is 6.92 Å². The first-order chi connectivity index (χ1) is 8.60. The van der Waals surface area contributed by atoms with Crippen molar-refractivity contribution in [2.45, 2.75) is 6.92 Å². The van der Waals surface area contributed by atoms with Crippen LogP contribution in [-0.4, -0.2) is 35.7 Å². The average Bonchev–Trinajstić information content (AvgIpc) is 2.34. The summed E-state index contributed by atoms with van der Waals surface area (Å²) in [4.78, 5) is 13.5. The fourth-order valence-electron chi connectivity index (χ4n) is 1.49. The fraction of sp³-hybridized carbons (Fsp3) is 0.308. The Bertz CT molecular complexity index is 435. The minimum absolute atomic E-state index is 0.0707. The zero-order valence-electron chi connectivity index (χ0n) is 10.3. The smallest absolute Gasteiger partial charge is 0.322 e. The second kappa shape index (κ2) is 7.18. The van der Waals surface area contributed by atoms with Gasteiger partial charge in [0.2, 0.25) is 0 Å². The van der Waals surface area contributed by atoms with Crippen molar-refractivity contribution in [2.75, 3.05) is 25.0 Å². The third-order valence-electron chi connectivity index (χ3n) is 2.52. The van der Waals surface area contributed by atoms with Crippen LogP contribution in [-0.2, 0) is 0 Å². The number of aliphatic hydroxyl groups excluding tert-OH is 1. The molecule has 0 atom stereocenters. The number of anilines is 1. The lowest BCUT2D eigenvalue weighted by molar-refractivity contribution is 0.195. The van der Waals surface area contributed by atoms with Crippen molar-refractivity contribution in [3.05, 3.63) is 40.9 Å². The van der Waals surface area contributed by atoms with E-state index in [2.05, 4.69) is 27.8 Å². The summed E-state index contributed by atoms with van der Waals surface area (Å²) < 4.78 is 0.942. The second-order valence-corrected chi connectivity index (χ2v) is 4.66. The van der Waals surface area contributed by atoms with Crippen LogP contribution in [0.1, 0.15) is 5.56 Å². The summed E-state index contributed by atoms with van der Waals surface area (Å²) in [7, 11) is 0. The maximum atomic E-state index is 12.0. The lowest BCUT2D eigenvalue weighted by Gasteiger charge is -2.21. The molecule has 0 fully saturated rings. The van der Waals surface area contributed by atoms with Gasteiger partial charge in [0, 0.05) is 23.2 Å². The van der Waals surface area contributed by atoms with Crippen LogP contribution in [0.15, 0.2) is 35.3 Å². The Morgan fingerprint density at radius 1 is 1.61 bits per heavy atom. The van der Waals surface area contributed by atoms with Gasteiger partial charge in [0.15, 0.2) is 0 Å². The molecular weight excluding hydrogens is 296 g/mol. The minimum atomic E-state index is -0.245. The lowest BCUT2D eigenvalue weighted by Crippen LogP contribution is -2.37. The zero-order chi connectivity index (χ0) is 13.5.